The Bertz CT molecular complexity index is 481. The van der Waals surface area contributed by atoms with Gasteiger partial charge < -0.3 is 11.1 Å². The number of benzene rings is 1. The summed E-state index contributed by atoms with van der Waals surface area (Å²) in [5, 5.41) is 2.57. The number of nitrogens with two attached hydrogens (primary N) is 1. The molecular weight excluding hydrogens is 238 g/mol. The molecule has 5 heteroatoms. The third kappa shape index (κ3) is 3.74. The third-order valence-corrected chi connectivity index (χ3v) is 2.37. The lowest BCUT2D eigenvalue weighted by Gasteiger charge is -2.07. The highest BCUT2D eigenvalue weighted by molar-refractivity contribution is 5.99. The Morgan fingerprint density at radius 2 is 2.00 bits per heavy atom. The summed E-state index contributed by atoms with van der Waals surface area (Å²) in [4.78, 5) is 11.6. The van der Waals surface area contributed by atoms with Gasteiger partial charge in [-0.25, -0.2) is 8.78 Å². The minimum absolute atomic E-state index is 0.0640. The summed E-state index contributed by atoms with van der Waals surface area (Å²) < 4.78 is 25.8. The fourth-order valence-corrected chi connectivity index (χ4v) is 1.41. The van der Waals surface area contributed by atoms with Gasteiger partial charge in [-0.3, -0.25) is 4.79 Å². The van der Waals surface area contributed by atoms with Gasteiger partial charge in [0, 0.05) is 24.7 Å². The van der Waals surface area contributed by atoms with Crippen LogP contribution >= 0.6 is 0 Å². The predicted octanol–water partition coefficient (Wildman–Crippen LogP) is 2.08. The number of hydrogen-bond acceptors (Lipinski definition) is 2. The van der Waals surface area contributed by atoms with E-state index in [0.717, 1.165) is 25.0 Å². The van der Waals surface area contributed by atoms with E-state index in [4.69, 9.17) is 12.2 Å². The minimum Gasteiger partial charge on any atom is -0.398 e. The number of rotatable bonds is 5. The summed E-state index contributed by atoms with van der Waals surface area (Å²) in [6.45, 7) is 0.416. The van der Waals surface area contributed by atoms with Crippen molar-refractivity contribution in [3.8, 4) is 12.3 Å². The summed E-state index contributed by atoms with van der Waals surface area (Å²) in [5.74, 6) is -0.202. The molecule has 1 rings (SSSR count). The molecule has 0 unspecified atom stereocenters. The van der Waals surface area contributed by atoms with Crippen LogP contribution in [0.4, 0.5) is 14.5 Å². The van der Waals surface area contributed by atoms with E-state index in [1.165, 1.54) is 0 Å². The van der Waals surface area contributed by atoms with E-state index < -0.39 is 17.5 Å². The molecule has 0 aliphatic carbocycles. The molecule has 0 saturated heterocycles. The SMILES string of the molecule is C#CCCCCNC(=O)c1cc(F)c(F)cc1N. The van der Waals surface area contributed by atoms with Crippen molar-refractivity contribution in [1.82, 2.24) is 5.32 Å². The van der Waals surface area contributed by atoms with Gasteiger partial charge >= 0.3 is 0 Å². The number of carbonyl (C=O) groups is 1. The molecule has 0 aliphatic rings. The van der Waals surface area contributed by atoms with Gasteiger partial charge in [0.1, 0.15) is 0 Å². The quantitative estimate of drug-likeness (QED) is 0.479. The average Bonchev–Trinajstić information content (AvgIpc) is 2.33. The maximum Gasteiger partial charge on any atom is 0.253 e. The van der Waals surface area contributed by atoms with Gasteiger partial charge in [-0.05, 0) is 18.9 Å². The summed E-state index contributed by atoms with van der Waals surface area (Å²) >= 11 is 0. The lowest BCUT2D eigenvalue weighted by molar-refractivity contribution is 0.0953. The van der Waals surface area contributed by atoms with Crippen molar-refractivity contribution in [2.24, 2.45) is 0 Å². The topological polar surface area (TPSA) is 55.1 Å². The zero-order chi connectivity index (χ0) is 13.5. The number of terminal acetylenes is 1. The molecule has 0 heterocycles. The molecule has 0 saturated carbocycles. The number of anilines is 1. The lowest BCUT2D eigenvalue weighted by atomic mass is 10.1. The molecule has 0 radical (unpaired) electrons. The monoisotopic (exact) mass is 252 g/mol. The first-order valence-corrected chi connectivity index (χ1v) is 5.52. The van der Waals surface area contributed by atoms with E-state index in [0.29, 0.717) is 13.0 Å². The smallest absolute Gasteiger partial charge is 0.253 e. The van der Waals surface area contributed by atoms with Crippen LogP contribution < -0.4 is 11.1 Å². The third-order valence-electron chi connectivity index (χ3n) is 2.37. The van der Waals surface area contributed by atoms with E-state index >= 15 is 0 Å². The second kappa shape index (κ2) is 6.60. The molecule has 96 valence electrons. The molecule has 3 N–H and O–H groups in total. The van der Waals surface area contributed by atoms with E-state index in [-0.39, 0.29) is 11.3 Å². The fourth-order valence-electron chi connectivity index (χ4n) is 1.41. The van der Waals surface area contributed by atoms with E-state index in [2.05, 4.69) is 11.2 Å². The second-order valence-electron chi connectivity index (χ2n) is 3.77. The van der Waals surface area contributed by atoms with Crippen molar-refractivity contribution in [3.63, 3.8) is 0 Å². The first-order chi connectivity index (χ1) is 8.56. The van der Waals surface area contributed by atoms with Crippen LogP contribution in [0.1, 0.15) is 29.6 Å². The standard InChI is InChI=1S/C13H14F2N2O/c1-2-3-4-5-6-17-13(18)9-7-10(14)11(15)8-12(9)16/h1,7-8H,3-6,16H2,(H,17,18). The minimum atomic E-state index is -1.10. The second-order valence-corrected chi connectivity index (χ2v) is 3.77. The summed E-state index contributed by atoms with van der Waals surface area (Å²) in [5.41, 5.74) is 5.30. The van der Waals surface area contributed by atoms with Crippen LogP contribution in [0.15, 0.2) is 12.1 Å². The molecule has 0 bridgehead atoms. The van der Waals surface area contributed by atoms with Gasteiger partial charge in [0.15, 0.2) is 11.6 Å². The number of nitrogens with one attached hydrogen (secondary N) is 1. The van der Waals surface area contributed by atoms with Crippen LogP contribution in [-0.2, 0) is 0 Å². The molecule has 18 heavy (non-hydrogen) atoms. The van der Waals surface area contributed by atoms with Gasteiger partial charge in [0.25, 0.3) is 5.91 Å². The van der Waals surface area contributed by atoms with Crippen molar-refractivity contribution in [1.29, 1.82) is 0 Å². The number of nitrogen functional groups attached to an aromatic ring is 1. The fraction of sp³-hybridized carbons (Fsp3) is 0.308. The van der Waals surface area contributed by atoms with Crippen molar-refractivity contribution in [2.75, 3.05) is 12.3 Å². The van der Waals surface area contributed by atoms with Gasteiger partial charge in [-0.2, -0.15) is 0 Å². The van der Waals surface area contributed by atoms with Gasteiger partial charge in [-0.1, -0.05) is 0 Å². The predicted molar refractivity (Wildman–Crippen MR) is 65.8 cm³/mol. The molecule has 0 fully saturated rings. The Morgan fingerprint density at radius 3 is 2.67 bits per heavy atom. The number of unbranched alkanes of at least 4 members (excludes halogenated alkanes) is 2. The van der Waals surface area contributed by atoms with Crippen LogP contribution in [0.2, 0.25) is 0 Å². The van der Waals surface area contributed by atoms with Gasteiger partial charge in [0.2, 0.25) is 0 Å². The van der Waals surface area contributed by atoms with Crippen LogP contribution in [0.5, 0.6) is 0 Å². The van der Waals surface area contributed by atoms with Crippen molar-refractivity contribution in [2.45, 2.75) is 19.3 Å². The highest BCUT2D eigenvalue weighted by Gasteiger charge is 2.13. The van der Waals surface area contributed by atoms with E-state index in [9.17, 15) is 13.6 Å². The lowest BCUT2D eigenvalue weighted by Crippen LogP contribution is -2.25. The van der Waals surface area contributed by atoms with Gasteiger partial charge in [0.05, 0.1) is 5.56 Å². The molecule has 0 aromatic heterocycles. The Kier molecular flexibility index (Phi) is 5.12. The maximum absolute atomic E-state index is 13.0. The molecule has 1 aromatic rings. The Labute approximate surface area is 104 Å². The largest absolute Gasteiger partial charge is 0.398 e. The first-order valence-electron chi connectivity index (χ1n) is 5.52. The van der Waals surface area contributed by atoms with Crippen LogP contribution in [0.25, 0.3) is 0 Å². The molecule has 3 nitrogen and oxygen atoms in total. The van der Waals surface area contributed by atoms with Crippen molar-refractivity contribution >= 4 is 11.6 Å². The van der Waals surface area contributed by atoms with E-state index in [1.807, 2.05) is 0 Å². The number of carbonyl (C=O) groups excluding carboxylic acids is 1. The molecular formula is C13H14F2N2O. The normalized spacial score (nSPS) is 9.83. The summed E-state index contributed by atoms with van der Waals surface area (Å²) in [6.07, 6.45) is 7.24. The molecule has 0 aliphatic heterocycles. The summed E-state index contributed by atoms with van der Waals surface area (Å²) in [7, 11) is 0. The molecule has 1 aromatic carbocycles. The first kappa shape index (κ1) is 14.0. The van der Waals surface area contributed by atoms with Crippen LogP contribution in [0.3, 0.4) is 0 Å². The number of hydrogen-bond donors (Lipinski definition) is 2. The highest BCUT2D eigenvalue weighted by atomic mass is 19.2. The van der Waals surface area contributed by atoms with Crippen molar-refractivity contribution in [3.05, 3.63) is 29.3 Å². The number of amides is 1. The van der Waals surface area contributed by atoms with Gasteiger partial charge in [-0.15, -0.1) is 12.3 Å². The van der Waals surface area contributed by atoms with Crippen LogP contribution in [0, 0.1) is 24.0 Å². The van der Waals surface area contributed by atoms with Crippen molar-refractivity contribution < 1.29 is 13.6 Å². The zero-order valence-electron chi connectivity index (χ0n) is 9.80. The maximum atomic E-state index is 13.0. The molecule has 0 atom stereocenters. The van der Waals surface area contributed by atoms with Crippen LogP contribution in [-0.4, -0.2) is 12.5 Å². The molecule has 1 amide bonds. The average molecular weight is 252 g/mol. The zero-order valence-corrected chi connectivity index (χ0v) is 9.80. The number of halogens is 2. The summed E-state index contributed by atoms with van der Waals surface area (Å²) in [6, 6.07) is 1.59. The molecule has 0 spiro atoms. The highest BCUT2D eigenvalue weighted by Crippen LogP contribution is 2.16. The Balaban J connectivity index is 2.57. The van der Waals surface area contributed by atoms with E-state index in [1.54, 1.807) is 0 Å². The Morgan fingerprint density at radius 1 is 1.33 bits per heavy atom. The Hall–Kier alpha value is -2.09.